The minimum Gasteiger partial charge on any atom is -0.453 e. The molecule has 3 aromatic rings. The van der Waals surface area contributed by atoms with Gasteiger partial charge in [-0.1, -0.05) is 12.1 Å². The molecule has 0 saturated carbocycles. The van der Waals surface area contributed by atoms with Crippen molar-refractivity contribution >= 4 is 11.7 Å². The Labute approximate surface area is 151 Å². The van der Waals surface area contributed by atoms with Crippen LogP contribution in [0.3, 0.4) is 0 Å². The summed E-state index contributed by atoms with van der Waals surface area (Å²) in [6.45, 7) is 0. The van der Waals surface area contributed by atoms with E-state index in [0.717, 1.165) is 0 Å². The van der Waals surface area contributed by atoms with Gasteiger partial charge in [0.1, 0.15) is 23.2 Å². The van der Waals surface area contributed by atoms with Gasteiger partial charge < -0.3 is 20.9 Å². The molecule has 6 heteroatoms. The minimum absolute atomic E-state index is 0.00860. The summed E-state index contributed by atoms with van der Waals surface area (Å²) in [4.78, 5) is 0. The molecule has 0 aliphatic heterocycles. The molecule has 0 saturated heterocycles. The number of nitrogens with two attached hydrogens (primary N) is 2. The van der Waals surface area contributed by atoms with Gasteiger partial charge in [-0.05, 0) is 60.7 Å². The molecule has 0 aliphatic carbocycles. The monoisotopic (exact) mass is 346 g/mol. The first-order valence-electron chi connectivity index (χ1n) is 7.86. The quantitative estimate of drug-likeness (QED) is 0.400. The van der Waals surface area contributed by atoms with Crippen LogP contribution >= 0.6 is 0 Å². The van der Waals surface area contributed by atoms with Crippen molar-refractivity contribution in [3.8, 4) is 23.0 Å². The van der Waals surface area contributed by atoms with E-state index in [9.17, 15) is 0 Å². The summed E-state index contributed by atoms with van der Waals surface area (Å²) in [6.07, 6.45) is 0. The van der Waals surface area contributed by atoms with Crippen molar-refractivity contribution in [3.05, 3.63) is 83.9 Å². The number of ether oxygens (including phenoxy) is 2. The van der Waals surface area contributed by atoms with Gasteiger partial charge in [0.2, 0.25) is 0 Å². The molecule has 130 valence electrons. The molecule has 0 fully saturated rings. The smallest absolute Gasteiger partial charge is 0.169 e. The molecule has 0 aliphatic rings. The fraction of sp³-hybridized carbons (Fsp3) is 0. The summed E-state index contributed by atoms with van der Waals surface area (Å²) in [5.41, 5.74) is 12.2. The normalized spacial score (nSPS) is 10.2. The standard InChI is InChI=1S/C20H18N4O2/c21-19(22)13-5-9-15(10-6-13)25-17-3-1-2-4-18(17)26-16-11-7-14(8-12-16)20(23)24/h1-12H,(H3,21,22)(H3,23,24). The average molecular weight is 346 g/mol. The Kier molecular flexibility index (Phi) is 4.85. The van der Waals surface area contributed by atoms with Gasteiger partial charge in [0.25, 0.3) is 0 Å². The molecule has 3 rings (SSSR count). The molecule has 0 radical (unpaired) electrons. The summed E-state index contributed by atoms with van der Waals surface area (Å²) in [5, 5.41) is 14.8. The lowest BCUT2D eigenvalue weighted by molar-refractivity contribution is 0.419. The molecule has 6 N–H and O–H groups in total. The van der Waals surface area contributed by atoms with Gasteiger partial charge in [0.05, 0.1) is 0 Å². The number of nitrogen functional groups attached to an aromatic ring is 2. The molecule has 0 unspecified atom stereocenters. The lowest BCUT2D eigenvalue weighted by atomic mass is 10.2. The van der Waals surface area contributed by atoms with E-state index in [1.54, 1.807) is 60.7 Å². The van der Waals surface area contributed by atoms with Crippen molar-refractivity contribution in [2.75, 3.05) is 0 Å². The predicted octanol–water partition coefficient (Wildman–Crippen LogP) is 3.84. The van der Waals surface area contributed by atoms with E-state index in [1.807, 2.05) is 12.1 Å². The minimum atomic E-state index is 0.00860. The average Bonchev–Trinajstić information content (AvgIpc) is 2.64. The molecule has 6 nitrogen and oxygen atoms in total. The van der Waals surface area contributed by atoms with E-state index in [2.05, 4.69) is 0 Å². The van der Waals surface area contributed by atoms with Crippen LogP contribution in [0.4, 0.5) is 0 Å². The molecular formula is C20H18N4O2. The van der Waals surface area contributed by atoms with Crippen molar-refractivity contribution in [1.82, 2.24) is 0 Å². The molecule has 0 bridgehead atoms. The van der Waals surface area contributed by atoms with Gasteiger partial charge in [-0.2, -0.15) is 0 Å². The number of benzene rings is 3. The number of rotatable bonds is 6. The Morgan fingerprint density at radius 1 is 0.577 bits per heavy atom. The Morgan fingerprint density at radius 3 is 1.23 bits per heavy atom. The number of hydrogen-bond donors (Lipinski definition) is 4. The molecule has 3 aromatic carbocycles. The van der Waals surface area contributed by atoms with Crippen molar-refractivity contribution in [1.29, 1.82) is 10.8 Å². The lowest BCUT2D eigenvalue weighted by Crippen LogP contribution is -2.10. The van der Waals surface area contributed by atoms with E-state index < -0.39 is 0 Å². The molecule has 0 heterocycles. The van der Waals surface area contributed by atoms with Crippen LogP contribution in [0, 0.1) is 10.8 Å². The molecule has 0 atom stereocenters. The Balaban J connectivity index is 1.79. The number of nitrogens with one attached hydrogen (secondary N) is 2. The number of amidine groups is 2. The van der Waals surface area contributed by atoms with Gasteiger partial charge in [0, 0.05) is 11.1 Å². The fourth-order valence-corrected chi connectivity index (χ4v) is 2.28. The van der Waals surface area contributed by atoms with Crippen LogP contribution in [-0.2, 0) is 0 Å². The first kappa shape index (κ1) is 17.0. The second kappa shape index (κ2) is 7.40. The fourth-order valence-electron chi connectivity index (χ4n) is 2.28. The Hall–Kier alpha value is -3.80. The topological polar surface area (TPSA) is 118 Å². The van der Waals surface area contributed by atoms with Crippen molar-refractivity contribution in [3.63, 3.8) is 0 Å². The molecule has 0 spiro atoms. The van der Waals surface area contributed by atoms with Crippen molar-refractivity contribution in [2.45, 2.75) is 0 Å². The van der Waals surface area contributed by atoms with E-state index in [0.29, 0.717) is 34.1 Å². The van der Waals surface area contributed by atoms with E-state index in [-0.39, 0.29) is 11.7 Å². The molecule has 0 amide bonds. The van der Waals surface area contributed by atoms with Crippen LogP contribution in [0.1, 0.15) is 11.1 Å². The maximum atomic E-state index is 7.42. The predicted molar refractivity (Wildman–Crippen MR) is 102 cm³/mol. The zero-order valence-electron chi connectivity index (χ0n) is 13.9. The third-order valence-electron chi connectivity index (χ3n) is 3.64. The molecule has 0 aromatic heterocycles. The highest BCUT2D eigenvalue weighted by Crippen LogP contribution is 2.34. The van der Waals surface area contributed by atoms with Gasteiger partial charge >= 0.3 is 0 Å². The Morgan fingerprint density at radius 2 is 0.923 bits per heavy atom. The first-order chi connectivity index (χ1) is 12.5. The highest BCUT2D eigenvalue weighted by Gasteiger charge is 2.08. The van der Waals surface area contributed by atoms with Gasteiger partial charge in [-0.3, -0.25) is 10.8 Å². The third-order valence-corrected chi connectivity index (χ3v) is 3.64. The molecule has 26 heavy (non-hydrogen) atoms. The van der Waals surface area contributed by atoms with Crippen LogP contribution in [0.5, 0.6) is 23.0 Å². The van der Waals surface area contributed by atoms with Crippen molar-refractivity contribution in [2.24, 2.45) is 11.5 Å². The lowest BCUT2D eigenvalue weighted by Gasteiger charge is -2.12. The zero-order valence-corrected chi connectivity index (χ0v) is 13.9. The van der Waals surface area contributed by atoms with E-state index in [4.69, 9.17) is 31.8 Å². The summed E-state index contributed by atoms with van der Waals surface area (Å²) < 4.78 is 11.8. The maximum Gasteiger partial charge on any atom is 0.169 e. The third kappa shape index (κ3) is 3.99. The second-order valence-corrected chi connectivity index (χ2v) is 5.53. The highest BCUT2D eigenvalue weighted by atomic mass is 16.5. The maximum absolute atomic E-state index is 7.42. The summed E-state index contributed by atoms with van der Waals surface area (Å²) in [5.74, 6) is 2.34. The first-order valence-corrected chi connectivity index (χ1v) is 7.86. The van der Waals surface area contributed by atoms with Crippen LogP contribution < -0.4 is 20.9 Å². The summed E-state index contributed by atoms with van der Waals surface area (Å²) >= 11 is 0. The molecular weight excluding hydrogens is 328 g/mol. The highest BCUT2D eigenvalue weighted by molar-refractivity contribution is 5.95. The van der Waals surface area contributed by atoms with Crippen LogP contribution in [0.15, 0.2) is 72.8 Å². The Bertz CT molecular complexity index is 856. The number of para-hydroxylation sites is 2. The van der Waals surface area contributed by atoms with Crippen LogP contribution in [0.25, 0.3) is 0 Å². The summed E-state index contributed by atoms with van der Waals surface area (Å²) in [6, 6.07) is 21.2. The van der Waals surface area contributed by atoms with Gasteiger partial charge in [-0.25, -0.2) is 0 Å². The number of hydrogen-bond acceptors (Lipinski definition) is 4. The van der Waals surface area contributed by atoms with Gasteiger partial charge in [0.15, 0.2) is 11.5 Å². The van der Waals surface area contributed by atoms with E-state index >= 15 is 0 Å². The van der Waals surface area contributed by atoms with Gasteiger partial charge in [-0.15, -0.1) is 0 Å². The van der Waals surface area contributed by atoms with Crippen LogP contribution in [-0.4, -0.2) is 11.7 Å². The SMILES string of the molecule is N=C(N)c1ccc(Oc2ccccc2Oc2ccc(C(=N)N)cc2)cc1. The summed E-state index contributed by atoms with van der Waals surface area (Å²) in [7, 11) is 0. The zero-order chi connectivity index (χ0) is 18.5. The largest absolute Gasteiger partial charge is 0.453 e. The van der Waals surface area contributed by atoms with Crippen LogP contribution in [0.2, 0.25) is 0 Å². The van der Waals surface area contributed by atoms with E-state index in [1.165, 1.54) is 0 Å². The van der Waals surface area contributed by atoms with Crippen molar-refractivity contribution < 1.29 is 9.47 Å². The second-order valence-electron chi connectivity index (χ2n) is 5.53.